The molecule has 0 aliphatic rings. The van der Waals surface area contributed by atoms with Crippen LogP contribution in [0.1, 0.15) is 22.4 Å². The Morgan fingerprint density at radius 2 is 1.76 bits per heavy atom. The van der Waals surface area contributed by atoms with Crippen LogP contribution in [0.3, 0.4) is 0 Å². The lowest BCUT2D eigenvalue weighted by atomic mass is 10.1. The van der Waals surface area contributed by atoms with Crippen molar-refractivity contribution < 1.29 is 14.2 Å². The van der Waals surface area contributed by atoms with Gasteiger partial charge in [0.25, 0.3) is 0 Å². The van der Waals surface area contributed by atoms with Crippen LogP contribution < -0.4 is 24.8 Å². The maximum absolute atomic E-state index is 5.47. The average Bonchev–Trinajstić information content (AvgIpc) is 2.71. The molecule has 0 amide bonds. The summed E-state index contributed by atoms with van der Waals surface area (Å²) < 4.78 is 16.1. The molecule has 0 fully saturated rings. The maximum Gasteiger partial charge on any atom is 0.191 e. The molecule has 0 aliphatic carbocycles. The van der Waals surface area contributed by atoms with Crippen molar-refractivity contribution in [1.29, 1.82) is 0 Å². The SMILES string of the molecule is CN=C(NCCc1ccc(OC)c(OC)c1)NCc1ncc(C)c(OC)c1C.I. The minimum absolute atomic E-state index is 0. The quantitative estimate of drug-likeness (QED) is 0.320. The van der Waals surface area contributed by atoms with Gasteiger partial charge in [-0.05, 0) is 38.0 Å². The van der Waals surface area contributed by atoms with E-state index < -0.39 is 0 Å². The van der Waals surface area contributed by atoms with E-state index in [1.807, 2.05) is 38.2 Å². The van der Waals surface area contributed by atoms with Gasteiger partial charge in [-0.15, -0.1) is 24.0 Å². The van der Waals surface area contributed by atoms with Gasteiger partial charge < -0.3 is 24.8 Å². The van der Waals surface area contributed by atoms with E-state index in [1.54, 1.807) is 28.4 Å². The number of hydrogen-bond donors (Lipinski definition) is 2. The third kappa shape index (κ3) is 6.66. The number of ether oxygens (including phenoxy) is 3. The van der Waals surface area contributed by atoms with Gasteiger partial charge in [0, 0.05) is 30.9 Å². The summed E-state index contributed by atoms with van der Waals surface area (Å²) in [5, 5.41) is 6.62. The molecule has 29 heavy (non-hydrogen) atoms. The largest absolute Gasteiger partial charge is 0.496 e. The smallest absolute Gasteiger partial charge is 0.191 e. The van der Waals surface area contributed by atoms with Crippen LogP contribution in [-0.4, -0.2) is 45.9 Å². The second-order valence-electron chi connectivity index (χ2n) is 6.34. The molecule has 8 heteroatoms. The number of pyridine rings is 1. The minimum Gasteiger partial charge on any atom is -0.496 e. The lowest BCUT2D eigenvalue weighted by Gasteiger charge is -2.15. The first-order chi connectivity index (χ1) is 13.5. The van der Waals surface area contributed by atoms with Crippen molar-refractivity contribution in [3.05, 3.63) is 46.8 Å². The van der Waals surface area contributed by atoms with E-state index in [2.05, 4.69) is 20.6 Å². The van der Waals surface area contributed by atoms with Crippen LogP contribution in [0.25, 0.3) is 0 Å². The number of aromatic nitrogens is 1. The molecule has 0 saturated carbocycles. The van der Waals surface area contributed by atoms with Crippen LogP contribution in [0.5, 0.6) is 17.2 Å². The Hall–Kier alpha value is -2.23. The number of methoxy groups -OCH3 is 3. The third-order valence-corrected chi connectivity index (χ3v) is 4.55. The van der Waals surface area contributed by atoms with E-state index >= 15 is 0 Å². The summed E-state index contributed by atoms with van der Waals surface area (Å²) in [6, 6.07) is 5.94. The molecule has 0 spiro atoms. The van der Waals surface area contributed by atoms with Crippen molar-refractivity contribution in [2.45, 2.75) is 26.8 Å². The molecule has 1 aromatic heterocycles. The van der Waals surface area contributed by atoms with Crippen molar-refractivity contribution in [1.82, 2.24) is 15.6 Å². The number of guanidine groups is 1. The van der Waals surface area contributed by atoms with E-state index in [9.17, 15) is 0 Å². The number of aliphatic imine (C=N–C) groups is 1. The van der Waals surface area contributed by atoms with Gasteiger partial charge in [-0.25, -0.2) is 0 Å². The van der Waals surface area contributed by atoms with Crippen molar-refractivity contribution >= 4 is 29.9 Å². The third-order valence-electron chi connectivity index (χ3n) is 4.55. The molecule has 0 bridgehead atoms. The first kappa shape index (κ1) is 24.8. The van der Waals surface area contributed by atoms with Gasteiger partial charge in [0.2, 0.25) is 0 Å². The van der Waals surface area contributed by atoms with Gasteiger partial charge in [-0.3, -0.25) is 9.98 Å². The van der Waals surface area contributed by atoms with Gasteiger partial charge in [0.1, 0.15) is 5.75 Å². The van der Waals surface area contributed by atoms with Crippen molar-refractivity contribution in [2.24, 2.45) is 4.99 Å². The molecular formula is C21H31IN4O3. The van der Waals surface area contributed by atoms with Gasteiger partial charge >= 0.3 is 0 Å². The second-order valence-corrected chi connectivity index (χ2v) is 6.34. The number of nitrogens with zero attached hydrogens (tertiary/aromatic N) is 2. The van der Waals surface area contributed by atoms with Crippen molar-refractivity contribution in [3.63, 3.8) is 0 Å². The fourth-order valence-corrected chi connectivity index (χ4v) is 3.00. The fourth-order valence-electron chi connectivity index (χ4n) is 3.00. The summed E-state index contributed by atoms with van der Waals surface area (Å²) in [6.45, 7) is 5.31. The van der Waals surface area contributed by atoms with Crippen LogP contribution in [0.15, 0.2) is 29.4 Å². The van der Waals surface area contributed by atoms with Crippen LogP contribution in [0.2, 0.25) is 0 Å². The predicted octanol–water partition coefficient (Wildman–Crippen LogP) is 3.25. The summed E-state index contributed by atoms with van der Waals surface area (Å²) >= 11 is 0. The van der Waals surface area contributed by atoms with Gasteiger partial charge in [0.05, 0.1) is 33.6 Å². The Kier molecular flexibility index (Phi) is 10.6. The van der Waals surface area contributed by atoms with E-state index in [0.717, 1.165) is 58.6 Å². The summed E-state index contributed by atoms with van der Waals surface area (Å²) in [5.41, 5.74) is 4.16. The number of rotatable bonds is 8. The lowest BCUT2D eigenvalue weighted by Crippen LogP contribution is -2.38. The highest BCUT2D eigenvalue weighted by molar-refractivity contribution is 14.0. The fraction of sp³-hybridized carbons (Fsp3) is 0.429. The van der Waals surface area contributed by atoms with E-state index in [1.165, 1.54) is 0 Å². The Morgan fingerprint density at radius 1 is 1.03 bits per heavy atom. The molecule has 0 atom stereocenters. The monoisotopic (exact) mass is 514 g/mol. The van der Waals surface area contributed by atoms with Gasteiger partial charge in [-0.2, -0.15) is 0 Å². The Bertz CT molecular complexity index is 828. The molecule has 1 aromatic carbocycles. The highest BCUT2D eigenvalue weighted by Crippen LogP contribution is 2.27. The minimum atomic E-state index is 0. The average molecular weight is 514 g/mol. The highest BCUT2D eigenvalue weighted by atomic mass is 127. The highest BCUT2D eigenvalue weighted by Gasteiger charge is 2.10. The molecule has 160 valence electrons. The van der Waals surface area contributed by atoms with Gasteiger partial charge in [0.15, 0.2) is 17.5 Å². The van der Waals surface area contributed by atoms with E-state index in [4.69, 9.17) is 14.2 Å². The van der Waals surface area contributed by atoms with E-state index in [-0.39, 0.29) is 24.0 Å². The zero-order valence-corrected chi connectivity index (χ0v) is 20.3. The second kappa shape index (κ2) is 12.4. The zero-order valence-electron chi connectivity index (χ0n) is 18.0. The van der Waals surface area contributed by atoms with Gasteiger partial charge in [-0.1, -0.05) is 6.07 Å². The Balaban J connectivity index is 0.00000420. The predicted molar refractivity (Wildman–Crippen MR) is 127 cm³/mol. The molecule has 2 aromatic rings. The molecule has 0 radical (unpaired) electrons. The van der Waals surface area contributed by atoms with Crippen LogP contribution in [0, 0.1) is 13.8 Å². The molecule has 2 rings (SSSR count). The molecule has 0 unspecified atom stereocenters. The first-order valence-corrected chi connectivity index (χ1v) is 9.18. The van der Waals surface area contributed by atoms with E-state index in [0.29, 0.717) is 6.54 Å². The topological polar surface area (TPSA) is 77.0 Å². The summed E-state index contributed by atoms with van der Waals surface area (Å²) in [5.74, 6) is 3.06. The van der Waals surface area contributed by atoms with Crippen LogP contribution >= 0.6 is 24.0 Å². The van der Waals surface area contributed by atoms with Crippen LogP contribution in [-0.2, 0) is 13.0 Å². The molecular weight excluding hydrogens is 483 g/mol. The lowest BCUT2D eigenvalue weighted by molar-refractivity contribution is 0.354. The molecule has 2 N–H and O–H groups in total. The van der Waals surface area contributed by atoms with Crippen LogP contribution in [0.4, 0.5) is 0 Å². The summed E-state index contributed by atoms with van der Waals surface area (Å²) in [6.07, 6.45) is 2.66. The first-order valence-electron chi connectivity index (χ1n) is 9.18. The molecule has 7 nitrogen and oxygen atoms in total. The normalized spacial score (nSPS) is 10.8. The molecule has 1 heterocycles. The molecule has 0 aliphatic heterocycles. The number of benzene rings is 1. The summed E-state index contributed by atoms with van der Waals surface area (Å²) in [4.78, 5) is 8.78. The standard InChI is InChI=1S/C21H30N4O3.HI/c1-14-12-24-17(15(2)20(14)28-6)13-25-21(22-3)23-10-9-16-7-8-18(26-4)19(11-16)27-5;/h7-8,11-12H,9-10,13H2,1-6H3,(H2,22,23,25);1H. The van der Waals surface area contributed by atoms with Crippen molar-refractivity contribution in [2.75, 3.05) is 34.9 Å². The number of aryl methyl sites for hydroxylation is 1. The maximum atomic E-state index is 5.47. The number of hydrogen-bond acceptors (Lipinski definition) is 5. The Morgan fingerprint density at radius 3 is 2.38 bits per heavy atom. The zero-order chi connectivity index (χ0) is 20.5. The Labute approximate surface area is 190 Å². The van der Waals surface area contributed by atoms with Crippen molar-refractivity contribution in [3.8, 4) is 17.2 Å². The number of halogens is 1. The number of nitrogens with one attached hydrogen (secondary N) is 2. The molecule has 0 saturated heterocycles. The summed E-state index contributed by atoms with van der Waals surface area (Å²) in [7, 11) is 6.71.